The fourth-order valence-electron chi connectivity index (χ4n) is 1.49. The van der Waals surface area contributed by atoms with Gasteiger partial charge in [0, 0.05) is 10.9 Å². The first-order valence-corrected chi connectivity index (χ1v) is 4.88. The average molecular weight is 218 g/mol. The molecule has 5 nitrogen and oxygen atoms in total. The van der Waals surface area contributed by atoms with Crippen LogP contribution in [-0.4, -0.2) is 17.6 Å². The quantitative estimate of drug-likeness (QED) is 0.636. The molecule has 0 spiro atoms. The Kier molecular flexibility index (Phi) is 2.68. The summed E-state index contributed by atoms with van der Waals surface area (Å²) in [5, 5.41) is 3.67. The highest BCUT2D eigenvalue weighted by atomic mass is 16.5. The predicted molar refractivity (Wildman–Crippen MR) is 59.7 cm³/mol. The third kappa shape index (κ3) is 1.79. The number of carbonyl (C=O) groups is 1. The minimum absolute atomic E-state index is 0.324. The molecule has 0 aliphatic carbocycles. The first-order chi connectivity index (χ1) is 7.74. The zero-order valence-corrected chi connectivity index (χ0v) is 8.69. The maximum atomic E-state index is 11.4. The van der Waals surface area contributed by atoms with Crippen molar-refractivity contribution < 1.29 is 9.53 Å². The van der Waals surface area contributed by atoms with Gasteiger partial charge < -0.3 is 9.72 Å². The summed E-state index contributed by atoms with van der Waals surface area (Å²) in [4.78, 5) is 24.6. The van der Waals surface area contributed by atoms with Gasteiger partial charge in [0.05, 0.1) is 6.61 Å². The zero-order valence-electron chi connectivity index (χ0n) is 8.69. The molecule has 1 aromatic heterocycles. The molecule has 1 N–H and O–H groups in total. The molecule has 0 saturated carbocycles. The first-order valence-electron chi connectivity index (χ1n) is 4.88. The molecular formula is C11H10N2O3. The van der Waals surface area contributed by atoms with Gasteiger partial charge in [0.2, 0.25) is 0 Å². The summed E-state index contributed by atoms with van der Waals surface area (Å²) < 4.78 is 4.86. The number of esters is 1. The molecular weight excluding hydrogens is 208 g/mol. The fourth-order valence-corrected chi connectivity index (χ4v) is 1.49. The highest BCUT2D eigenvalue weighted by Gasteiger charge is 2.10. The molecule has 1 aromatic carbocycles. The molecule has 2 aromatic rings. The van der Waals surface area contributed by atoms with Crippen molar-refractivity contribution in [1.82, 2.24) is 4.98 Å². The van der Waals surface area contributed by atoms with Crippen LogP contribution in [0.4, 0.5) is 5.69 Å². The molecule has 5 heteroatoms. The third-order valence-corrected chi connectivity index (χ3v) is 2.21. The van der Waals surface area contributed by atoms with E-state index < -0.39 is 5.97 Å². The number of fused-ring (bicyclic) bond motifs is 1. The molecule has 0 unspecified atom stereocenters. The van der Waals surface area contributed by atoms with Crippen LogP contribution in [0.25, 0.3) is 10.9 Å². The van der Waals surface area contributed by atoms with Crippen molar-refractivity contribution in [2.24, 2.45) is 5.18 Å². The number of hydrogen-bond acceptors (Lipinski definition) is 4. The van der Waals surface area contributed by atoms with Gasteiger partial charge in [-0.25, -0.2) is 4.79 Å². The number of nitrogens with zero attached hydrogens (tertiary/aromatic N) is 1. The molecule has 0 atom stereocenters. The van der Waals surface area contributed by atoms with Gasteiger partial charge in [-0.15, -0.1) is 4.91 Å². The predicted octanol–water partition coefficient (Wildman–Crippen LogP) is 2.74. The molecule has 2 rings (SSSR count). The lowest BCUT2D eigenvalue weighted by Crippen LogP contribution is -2.04. The first kappa shape index (κ1) is 10.4. The van der Waals surface area contributed by atoms with Crippen molar-refractivity contribution in [1.29, 1.82) is 0 Å². The van der Waals surface area contributed by atoms with Crippen LogP contribution in [0.5, 0.6) is 0 Å². The molecule has 1 heterocycles. The lowest BCUT2D eigenvalue weighted by Gasteiger charge is -1.96. The van der Waals surface area contributed by atoms with E-state index in [1.54, 1.807) is 31.2 Å². The average Bonchev–Trinajstić information content (AvgIpc) is 2.71. The SMILES string of the molecule is CCOC(=O)c1cc2ccc(N=O)cc2[nH]1. The standard InChI is InChI=1S/C11H10N2O3/c1-2-16-11(14)10-5-7-3-4-8(13-15)6-9(7)12-10/h3-6,12H,2H2,1H3. The smallest absolute Gasteiger partial charge is 0.354 e. The number of nitrogens with one attached hydrogen (secondary N) is 1. The lowest BCUT2D eigenvalue weighted by atomic mass is 10.2. The molecule has 16 heavy (non-hydrogen) atoms. The van der Waals surface area contributed by atoms with E-state index in [4.69, 9.17) is 4.74 Å². The molecule has 0 radical (unpaired) electrons. The van der Waals surface area contributed by atoms with Crippen molar-refractivity contribution in [2.75, 3.05) is 6.61 Å². The van der Waals surface area contributed by atoms with Gasteiger partial charge in [-0.1, -0.05) is 6.07 Å². The molecule has 0 fully saturated rings. The van der Waals surface area contributed by atoms with E-state index in [-0.39, 0.29) is 0 Å². The number of ether oxygens (including phenoxy) is 1. The highest BCUT2D eigenvalue weighted by molar-refractivity contribution is 5.95. The van der Waals surface area contributed by atoms with Crippen LogP contribution in [0.1, 0.15) is 17.4 Å². The number of H-pyrrole nitrogens is 1. The van der Waals surface area contributed by atoms with E-state index in [0.29, 0.717) is 23.5 Å². The number of carbonyl (C=O) groups excluding carboxylic acids is 1. The maximum absolute atomic E-state index is 11.4. The minimum Gasteiger partial charge on any atom is -0.461 e. The van der Waals surface area contributed by atoms with Crippen LogP contribution in [0.3, 0.4) is 0 Å². The summed E-state index contributed by atoms with van der Waals surface area (Å²) in [6, 6.07) is 6.59. The van der Waals surface area contributed by atoms with Gasteiger partial charge in [0.1, 0.15) is 11.4 Å². The van der Waals surface area contributed by atoms with Crippen molar-refractivity contribution in [3.8, 4) is 0 Å². The Labute approximate surface area is 91.4 Å². The zero-order chi connectivity index (χ0) is 11.5. The van der Waals surface area contributed by atoms with E-state index in [1.165, 1.54) is 0 Å². The van der Waals surface area contributed by atoms with Crippen LogP contribution in [0, 0.1) is 4.91 Å². The van der Waals surface area contributed by atoms with E-state index in [1.807, 2.05) is 0 Å². The summed E-state index contributed by atoms with van der Waals surface area (Å²) in [6.45, 7) is 2.07. The highest BCUT2D eigenvalue weighted by Crippen LogP contribution is 2.21. The number of benzene rings is 1. The minimum atomic E-state index is -0.403. The summed E-state index contributed by atoms with van der Waals surface area (Å²) >= 11 is 0. The normalized spacial score (nSPS) is 10.3. The lowest BCUT2D eigenvalue weighted by molar-refractivity contribution is 0.0520. The monoisotopic (exact) mass is 218 g/mol. The Bertz CT molecular complexity index is 545. The van der Waals surface area contributed by atoms with Gasteiger partial charge in [-0.05, 0) is 30.3 Å². The van der Waals surface area contributed by atoms with Gasteiger partial charge in [-0.3, -0.25) is 0 Å². The van der Waals surface area contributed by atoms with Gasteiger partial charge in [0.25, 0.3) is 0 Å². The number of hydrogen-bond donors (Lipinski definition) is 1. The Balaban J connectivity index is 2.43. The van der Waals surface area contributed by atoms with Crippen molar-refractivity contribution in [3.05, 3.63) is 34.9 Å². The Hall–Kier alpha value is -2.17. The Morgan fingerprint density at radius 3 is 2.94 bits per heavy atom. The Morgan fingerprint density at radius 1 is 1.44 bits per heavy atom. The summed E-state index contributed by atoms with van der Waals surface area (Å²) in [5.41, 5.74) is 1.39. The molecule has 82 valence electrons. The van der Waals surface area contributed by atoms with Gasteiger partial charge in [-0.2, -0.15) is 0 Å². The number of aromatic nitrogens is 1. The number of nitroso groups, excluding NO2 is 1. The van der Waals surface area contributed by atoms with Crippen LogP contribution >= 0.6 is 0 Å². The molecule has 0 bridgehead atoms. The van der Waals surface area contributed by atoms with Crippen LogP contribution < -0.4 is 0 Å². The molecule has 0 aliphatic rings. The van der Waals surface area contributed by atoms with E-state index >= 15 is 0 Å². The second kappa shape index (κ2) is 4.14. The summed E-state index contributed by atoms with van der Waals surface area (Å²) in [5.74, 6) is -0.403. The number of rotatable bonds is 3. The second-order valence-corrected chi connectivity index (χ2v) is 3.27. The summed E-state index contributed by atoms with van der Waals surface area (Å²) in [7, 11) is 0. The Morgan fingerprint density at radius 2 is 2.25 bits per heavy atom. The van der Waals surface area contributed by atoms with E-state index in [9.17, 15) is 9.70 Å². The topological polar surface area (TPSA) is 71.5 Å². The largest absolute Gasteiger partial charge is 0.461 e. The fraction of sp³-hybridized carbons (Fsp3) is 0.182. The van der Waals surface area contributed by atoms with Gasteiger partial charge >= 0.3 is 5.97 Å². The van der Waals surface area contributed by atoms with Crippen LogP contribution in [-0.2, 0) is 4.74 Å². The van der Waals surface area contributed by atoms with E-state index in [0.717, 1.165) is 5.39 Å². The van der Waals surface area contributed by atoms with Crippen molar-refractivity contribution in [3.63, 3.8) is 0 Å². The molecule has 0 aliphatic heterocycles. The summed E-state index contributed by atoms with van der Waals surface area (Å²) in [6.07, 6.45) is 0. The van der Waals surface area contributed by atoms with E-state index in [2.05, 4.69) is 10.2 Å². The molecule has 0 amide bonds. The van der Waals surface area contributed by atoms with Crippen molar-refractivity contribution >= 4 is 22.6 Å². The van der Waals surface area contributed by atoms with Crippen LogP contribution in [0.2, 0.25) is 0 Å². The third-order valence-electron chi connectivity index (χ3n) is 2.21. The molecule has 0 saturated heterocycles. The van der Waals surface area contributed by atoms with Gasteiger partial charge in [0.15, 0.2) is 0 Å². The van der Waals surface area contributed by atoms with Crippen LogP contribution in [0.15, 0.2) is 29.4 Å². The van der Waals surface area contributed by atoms with Crippen molar-refractivity contribution in [2.45, 2.75) is 6.92 Å². The second-order valence-electron chi connectivity index (χ2n) is 3.27. The maximum Gasteiger partial charge on any atom is 0.354 e. The number of aromatic amines is 1.